The zero-order valence-electron chi connectivity index (χ0n) is 14.1. The van der Waals surface area contributed by atoms with Gasteiger partial charge in [0.05, 0.1) is 6.54 Å². The normalized spacial score (nSPS) is 11.2. The van der Waals surface area contributed by atoms with Crippen molar-refractivity contribution >= 4 is 5.96 Å². The molecule has 2 aromatic rings. The van der Waals surface area contributed by atoms with Gasteiger partial charge in [-0.05, 0) is 31.2 Å². The molecular weight excluding hydrogens is 326 g/mol. The Morgan fingerprint density at radius 3 is 2.80 bits per heavy atom. The first-order chi connectivity index (χ1) is 12.2. The van der Waals surface area contributed by atoms with E-state index in [1.54, 1.807) is 6.20 Å². The molecule has 7 heteroatoms. The number of hydrogen-bond acceptors (Lipinski definition) is 3. The number of hydrogen-bond donors (Lipinski definition) is 2. The fourth-order valence-corrected chi connectivity index (χ4v) is 2.09. The monoisotopic (exact) mass is 348 g/mol. The molecule has 0 fully saturated rings. The lowest BCUT2D eigenvalue weighted by Crippen LogP contribution is -2.39. The summed E-state index contributed by atoms with van der Waals surface area (Å²) in [5.74, 6) is -0.657. The molecule has 0 radical (unpaired) electrons. The lowest BCUT2D eigenvalue weighted by Gasteiger charge is -2.12. The minimum Gasteiger partial charge on any atom is -0.489 e. The second kappa shape index (κ2) is 10.2. The van der Waals surface area contributed by atoms with Crippen molar-refractivity contribution in [1.29, 1.82) is 0 Å². The van der Waals surface area contributed by atoms with Gasteiger partial charge in [0.25, 0.3) is 0 Å². The summed E-state index contributed by atoms with van der Waals surface area (Å²) in [6, 6.07) is 9.02. The van der Waals surface area contributed by atoms with Crippen LogP contribution in [0.3, 0.4) is 0 Å². The average molecular weight is 348 g/mol. The summed E-state index contributed by atoms with van der Waals surface area (Å²) >= 11 is 0. The topological polar surface area (TPSA) is 58.5 Å². The van der Waals surface area contributed by atoms with Crippen LogP contribution in [0.5, 0.6) is 5.75 Å². The number of benzene rings is 1. The standard InChI is InChI=1S/C18H22F2N4O/c1-2-21-18(23-10-8-15-5-3-4-9-22-15)24-11-12-25-17-7-6-14(19)13-16(17)20/h3-7,9,13H,2,8,10-12H2,1H3,(H2,21,23,24). The van der Waals surface area contributed by atoms with E-state index in [1.165, 1.54) is 6.07 Å². The summed E-state index contributed by atoms with van der Waals surface area (Å²) in [6.07, 6.45) is 2.50. The van der Waals surface area contributed by atoms with E-state index >= 15 is 0 Å². The molecule has 0 amide bonds. The van der Waals surface area contributed by atoms with Crippen molar-refractivity contribution < 1.29 is 13.5 Å². The van der Waals surface area contributed by atoms with Crippen LogP contribution in [-0.4, -0.2) is 37.2 Å². The number of aromatic nitrogens is 1. The zero-order chi connectivity index (χ0) is 17.9. The molecule has 0 unspecified atom stereocenters. The van der Waals surface area contributed by atoms with Gasteiger partial charge in [-0.2, -0.15) is 0 Å². The molecule has 0 saturated heterocycles. The molecule has 5 nitrogen and oxygen atoms in total. The highest BCUT2D eigenvalue weighted by atomic mass is 19.1. The Bertz CT molecular complexity index is 680. The van der Waals surface area contributed by atoms with E-state index in [4.69, 9.17) is 4.74 Å². The highest BCUT2D eigenvalue weighted by Crippen LogP contribution is 2.17. The molecule has 0 atom stereocenters. The second-order valence-electron chi connectivity index (χ2n) is 5.18. The minimum absolute atomic E-state index is 0.0280. The molecule has 0 spiro atoms. The van der Waals surface area contributed by atoms with E-state index < -0.39 is 11.6 Å². The molecular formula is C18H22F2N4O. The zero-order valence-corrected chi connectivity index (χ0v) is 14.1. The summed E-state index contributed by atoms with van der Waals surface area (Å²) in [7, 11) is 0. The predicted octanol–water partition coefficient (Wildman–Crippen LogP) is 2.54. The SMILES string of the molecule is CCNC(=NCCc1ccccn1)NCCOc1ccc(F)cc1F. The lowest BCUT2D eigenvalue weighted by molar-refractivity contribution is 0.304. The molecule has 0 aliphatic carbocycles. The Hall–Kier alpha value is -2.70. The van der Waals surface area contributed by atoms with E-state index in [1.807, 2.05) is 25.1 Å². The van der Waals surface area contributed by atoms with Crippen molar-refractivity contribution in [2.24, 2.45) is 4.99 Å². The predicted molar refractivity (Wildman–Crippen MR) is 93.8 cm³/mol. The van der Waals surface area contributed by atoms with Crippen LogP contribution >= 0.6 is 0 Å². The molecule has 2 N–H and O–H groups in total. The number of rotatable bonds is 8. The van der Waals surface area contributed by atoms with Crippen molar-refractivity contribution in [3.8, 4) is 5.75 Å². The van der Waals surface area contributed by atoms with Crippen molar-refractivity contribution in [2.75, 3.05) is 26.2 Å². The van der Waals surface area contributed by atoms with Crippen molar-refractivity contribution in [1.82, 2.24) is 15.6 Å². The molecule has 1 aromatic carbocycles. The lowest BCUT2D eigenvalue weighted by atomic mass is 10.3. The molecule has 25 heavy (non-hydrogen) atoms. The van der Waals surface area contributed by atoms with Gasteiger partial charge in [-0.1, -0.05) is 6.07 Å². The van der Waals surface area contributed by atoms with E-state index in [0.717, 1.165) is 30.8 Å². The number of aliphatic imine (C=N–C) groups is 1. The van der Waals surface area contributed by atoms with Crippen molar-refractivity contribution in [3.63, 3.8) is 0 Å². The van der Waals surface area contributed by atoms with Crippen LogP contribution in [-0.2, 0) is 6.42 Å². The summed E-state index contributed by atoms with van der Waals surface area (Å²) < 4.78 is 31.6. The Morgan fingerprint density at radius 1 is 1.20 bits per heavy atom. The van der Waals surface area contributed by atoms with Crippen LogP contribution < -0.4 is 15.4 Å². The third-order valence-corrected chi connectivity index (χ3v) is 3.25. The third-order valence-electron chi connectivity index (χ3n) is 3.25. The minimum atomic E-state index is -0.712. The van der Waals surface area contributed by atoms with Gasteiger partial charge in [0, 0.05) is 37.5 Å². The van der Waals surface area contributed by atoms with Gasteiger partial charge >= 0.3 is 0 Å². The van der Waals surface area contributed by atoms with E-state index in [0.29, 0.717) is 19.0 Å². The van der Waals surface area contributed by atoms with Crippen molar-refractivity contribution in [3.05, 3.63) is 59.9 Å². The number of nitrogens with zero attached hydrogens (tertiary/aromatic N) is 2. The molecule has 0 aliphatic rings. The van der Waals surface area contributed by atoms with Gasteiger partial charge in [0.15, 0.2) is 17.5 Å². The van der Waals surface area contributed by atoms with E-state index in [2.05, 4.69) is 20.6 Å². The summed E-state index contributed by atoms with van der Waals surface area (Å²) in [5, 5.41) is 6.23. The molecule has 1 heterocycles. The van der Waals surface area contributed by atoms with E-state index in [9.17, 15) is 8.78 Å². The van der Waals surface area contributed by atoms with Gasteiger partial charge in [0.1, 0.15) is 12.4 Å². The highest BCUT2D eigenvalue weighted by Gasteiger charge is 2.04. The largest absolute Gasteiger partial charge is 0.489 e. The van der Waals surface area contributed by atoms with Crippen LogP contribution in [0.25, 0.3) is 0 Å². The average Bonchev–Trinajstić information content (AvgIpc) is 2.61. The fourth-order valence-electron chi connectivity index (χ4n) is 2.09. The van der Waals surface area contributed by atoms with Crippen LogP contribution in [0.15, 0.2) is 47.6 Å². The molecule has 0 bridgehead atoms. The molecule has 1 aromatic heterocycles. The Kier molecular flexibility index (Phi) is 7.62. The Morgan fingerprint density at radius 2 is 2.08 bits per heavy atom. The number of guanidine groups is 1. The van der Waals surface area contributed by atoms with Crippen LogP contribution in [0.1, 0.15) is 12.6 Å². The van der Waals surface area contributed by atoms with Gasteiger partial charge in [-0.3, -0.25) is 9.98 Å². The van der Waals surface area contributed by atoms with Crippen LogP contribution in [0.4, 0.5) is 8.78 Å². The number of ether oxygens (including phenoxy) is 1. The summed E-state index contributed by atoms with van der Waals surface area (Å²) in [5.41, 5.74) is 0.984. The summed E-state index contributed by atoms with van der Waals surface area (Å²) in [6.45, 7) is 3.96. The maximum absolute atomic E-state index is 13.5. The Balaban J connectivity index is 1.75. The van der Waals surface area contributed by atoms with Gasteiger partial charge in [-0.25, -0.2) is 8.78 Å². The molecule has 0 aliphatic heterocycles. The molecule has 2 rings (SSSR count). The van der Waals surface area contributed by atoms with E-state index in [-0.39, 0.29) is 12.4 Å². The van der Waals surface area contributed by atoms with Crippen LogP contribution in [0.2, 0.25) is 0 Å². The maximum Gasteiger partial charge on any atom is 0.191 e. The number of nitrogens with one attached hydrogen (secondary N) is 2. The van der Waals surface area contributed by atoms with Crippen LogP contribution in [0, 0.1) is 11.6 Å². The number of pyridine rings is 1. The second-order valence-corrected chi connectivity index (χ2v) is 5.18. The molecule has 134 valence electrons. The quantitative estimate of drug-likeness (QED) is 0.437. The van der Waals surface area contributed by atoms with Gasteiger partial charge in [-0.15, -0.1) is 0 Å². The first kappa shape index (κ1) is 18.6. The molecule has 0 saturated carbocycles. The Labute approximate surface area is 146 Å². The fraction of sp³-hybridized carbons (Fsp3) is 0.333. The van der Waals surface area contributed by atoms with Gasteiger partial charge in [0.2, 0.25) is 0 Å². The third kappa shape index (κ3) is 6.74. The first-order valence-electron chi connectivity index (χ1n) is 8.19. The number of halogens is 2. The smallest absolute Gasteiger partial charge is 0.191 e. The first-order valence-corrected chi connectivity index (χ1v) is 8.19. The highest BCUT2D eigenvalue weighted by molar-refractivity contribution is 5.79. The summed E-state index contributed by atoms with van der Waals surface area (Å²) in [4.78, 5) is 8.71. The maximum atomic E-state index is 13.5. The van der Waals surface area contributed by atoms with Crippen molar-refractivity contribution in [2.45, 2.75) is 13.3 Å². The van der Waals surface area contributed by atoms with Gasteiger partial charge < -0.3 is 15.4 Å².